The molecule has 1 fully saturated rings. The van der Waals surface area contributed by atoms with Crippen molar-refractivity contribution in [3.8, 4) is 0 Å². The summed E-state index contributed by atoms with van der Waals surface area (Å²) < 4.78 is 26.6. The Hall–Kier alpha value is -0.910. The van der Waals surface area contributed by atoms with E-state index in [9.17, 15) is 13.5 Å². The molecular weight excluding hydrogens is 262 g/mol. The van der Waals surface area contributed by atoms with Crippen molar-refractivity contribution >= 4 is 10.0 Å². The Morgan fingerprint density at radius 2 is 1.74 bits per heavy atom. The molecule has 0 aromatic heterocycles. The van der Waals surface area contributed by atoms with E-state index >= 15 is 0 Å². The standard InChI is InChI=1S/C14H21NO3S/c16-13-8-6-12(7-9-13)10-11-15-19(17,18)14-4-2-1-3-5-14/h1-5,12-13,15-16H,6-11H2. The molecule has 0 amide bonds. The summed E-state index contributed by atoms with van der Waals surface area (Å²) in [4.78, 5) is 0.314. The number of hydrogen-bond donors (Lipinski definition) is 2. The van der Waals surface area contributed by atoms with Gasteiger partial charge in [0, 0.05) is 6.54 Å². The van der Waals surface area contributed by atoms with E-state index in [-0.39, 0.29) is 6.10 Å². The number of aliphatic hydroxyl groups is 1. The number of benzene rings is 1. The van der Waals surface area contributed by atoms with E-state index in [2.05, 4.69) is 4.72 Å². The molecule has 0 radical (unpaired) electrons. The first-order chi connectivity index (χ1) is 9.08. The van der Waals surface area contributed by atoms with Crippen molar-refractivity contribution in [3.63, 3.8) is 0 Å². The van der Waals surface area contributed by atoms with E-state index in [0.29, 0.717) is 17.4 Å². The van der Waals surface area contributed by atoms with Crippen LogP contribution in [-0.4, -0.2) is 26.2 Å². The summed E-state index contributed by atoms with van der Waals surface area (Å²) in [7, 11) is -3.37. The quantitative estimate of drug-likeness (QED) is 0.867. The average molecular weight is 283 g/mol. The lowest BCUT2D eigenvalue weighted by Gasteiger charge is -2.25. The van der Waals surface area contributed by atoms with Crippen LogP contribution in [0.25, 0.3) is 0 Å². The zero-order chi connectivity index (χ0) is 13.7. The Morgan fingerprint density at radius 3 is 2.37 bits per heavy atom. The van der Waals surface area contributed by atoms with Gasteiger partial charge in [-0.3, -0.25) is 0 Å². The molecule has 0 heterocycles. The van der Waals surface area contributed by atoms with Crippen LogP contribution in [-0.2, 0) is 10.0 Å². The van der Waals surface area contributed by atoms with Gasteiger partial charge in [0.1, 0.15) is 0 Å². The fourth-order valence-corrected chi connectivity index (χ4v) is 3.58. The number of rotatable bonds is 5. The van der Waals surface area contributed by atoms with E-state index in [0.717, 1.165) is 32.1 Å². The number of hydrogen-bond acceptors (Lipinski definition) is 3. The lowest BCUT2D eigenvalue weighted by atomic mass is 9.85. The van der Waals surface area contributed by atoms with Gasteiger partial charge < -0.3 is 5.11 Å². The predicted octanol–water partition coefficient (Wildman–Crippen LogP) is 1.91. The van der Waals surface area contributed by atoms with Crippen molar-refractivity contribution < 1.29 is 13.5 Å². The molecule has 2 rings (SSSR count). The zero-order valence-electron chi connectivity index (χ0n) is 11.0. The van der Waals surface area contributed by atoms with Crippen molar-refractivity contribution in [2.45, 2.75) is 43.1 Å². The topological polar surface area (TPSA) is 66.4 Å². The Balaban J connectivity index is 1.79. The van der Waals surface area contributed by atoms with Crippen molar-refractivity contribution in [2.24, 2.45) is 5.92 Å². The minimum absolute atomic E-state index is 0.155. The highest BCUT2D eigenvalue weighted by atomic mass is 32.2. The van der Waals surface area contributed by atoms with Crippen LogP contribution in [0.2, 0.25) is 0 Å². The molecule has 0 spiro atoms. The highest BCUT2D eigenvalue weighted by Gasteiger charge is 2.20. The normalized spacial score (nSPS) is 24.3. The van der Waals surface area contributed by atoms with Crippen LogP contribution in [0.1, 0.15) is 32.1 Å². The van der Waals surface area contributed by atoms with Gasteiger partial charge in [0.2, 0.25) is 10.0 Å². The minimum atomic E-state index is -3.37. The van der Waals surface area contributed by atoms with Gasteiger partial charge in [-0.25, -0.2) is 13.1 Å². The third kappa shape index (κ3) is 4.30. The molecule has 1 aromatic rings. The number of sulfonamides is 1. The summed E-state index contributed by atoms with van der Waals surface area (Å²) in [5, 5.41) is 9.42. The Kier molecular flexibility index (Phi) is 4.96. The summed E-state index contributed by atoms with van der Waals surface area (Å²) in [5.74, 6) is 0.530. The Labute approximate surface area is 114 Å². The lowest BCUT2D eigenvalue weighted by Crippen LogP contribution is -2.27. The van der Waals surface area contributed by atoms with E-state index in [1.165, 1.54) is 0 Å². The first-order valence-corrected chi connectivity index (χ1v) is 8.29. The first-order valence-electron chi connectivity index (χ1n) is 6.81. The van der Waals surface area contributed by atoms with Crippen molar-refractivity contribution in [3.05, 3.63) is 30.3 Å². The van der Waals surface area contributed by atoms with Crippen LogP contribution in [0.15, 0.2) is 35.2 Å². The maximum atomic E-state index is 12.0. The monoisotopic (exact) mass is 283 g/mol. The SMILES string of the molecule is O=S(=O)(NCCC1CCC(O)CC1)c1ccccc1. The summed E-state index contributed by atoms with van der Waals surface area (Å²) in [6.45, 7) is 0.470. The van der Waals surface area contributed by atoms with Gasteiger partial charge in [0.15, 0.2) is 0 Å². The molecule has 0 bridgehead atoms. The molecule has 0 atom stereocenters. The molecule has 1 aliphatic rings. The van der Waals surface area contributed by atoms with Gasteiger partial charge in [0.05, 0.1) is 11.0 Å². The van der Waals surface area contributed by atoms with Crippen molar-refractivity contribution in [1.29, 1.82) is 0 Å². The van der Waals surface area contributed by atoms with E-state index in [1.807, 2.05) is 0 Å². The van der Waals surface area contributed by atoms with Crippen LogP contribution in [0.3, 0.4) is 0 Å². The fraction of sp³-hybridized carbons (Fsp3) is 0.571. The highest BCUT2D eigenvalue weighted by Crippen LogP contribution is 2.26. The van der Waals surface area contributed by atoms with Crippen LogP contribution in [0.5, 0.6) is 0 Å². The Morgan fingerprint density at radius 1 is 1.11 bits per heavy atom. The van der Waals surface area contributed by atoms with Crippen LogP contribution >= 0.6 is 0 Å². The van der Waals surface area contributed by atoms with Crippen LogP contribution < -0.4 is 4.72 Å². The van der Waals surface area contributed by atoms with Gasteiger partial charge in [-0.2, -0.15) is 0 Å². The third-order valence-electron chi connectivity index (χ3n) is 3.71. The van der Waals surface area contributed by atoms with Gasteiger partial charge in [-0.05, 0) is 50.2 Å². The minimum Gasteiger partial charge on any atom is -0.393 e. The smallest absolute Gasteiger partial charge is 0.240 e. The van der Waals surface area contributed by atoms with Gasteiger partial charge in [-0.15, -0.1) is 0 Å². The lowest BCUT2D eigenvalue weighted by molar-refractivity contribution is 0.107. The third-order valence-corrected chi connectivity index (χ3v) is 5.19. The molecule has 1 aromatic carbocycles. The predicted molar refractivity (Wildman–Crippen MR) is 74.2 cm³/mol. The molecule has 2 N–H and O–H groups in total. The average Bonchev–Trinajstić information content (AvgIpc) is 2.42. The molecule has 0 aliphatic heterocycles. The van der Waals surface area contributed by atoms with Gasteiger partial charge in [0.25, 0.3) is 0 Å². The molecule has 0 saturated heterocycles. The highest BCUT2D eigenvalue weighted by molar-refractivity contribution is 7.89. The second-order valence-corrected chi connectivity index (χ2v) is 6.94. The van der Waals surface area contributed by atoms with Gasteiger partial charge in [-0.1, -0.05) is 18.2 Å². The fourth-order valence-electron chi connectivity index (χ4n) is 2.51. The van der Waals surface area contributed by atoms with E-state index in [4.69, 9.17) is 0 Å². The van der Waals surface area contributed by atoms with Gasteiger partial charge >= 0.3 is 0 Å². The van der Waals surface area contributed by atoms with Crippen LogP contribution in [0, 0.1) is 5.92 Å². The second-order valence-electron chi connectivity index (χ2n) is 5.17. The Bertz CT molecular complexity index is 479. The number of aliphatic hydroxyl groups excluding tert-OH is 1. The molecule has 0 unspecified atom stereocenters. The summed E-state index contributed by atoms with van der Waals surface area (Å²) in [6.07, 6.45) is 4.37. The largest absolute Gasteiger partial charge is 0.393 e. The summed E-state index contributed by atoms with van der Waals surface area (Å²) >= 11 is 0. The molecule has 1 saturated carbocycles. The van der Waals surface area contributed by atoms with Crippen molar-refractivity contribution in [1.82, 2.24) is 4.72 Å². The number of nitrogens with one attached hydrogen (secondary N) is 1. The van der Waals surface area contributed by atoms with Crippen molar-refractivity contribution in [2.75, 3.05) is 6.54 Å². The summed E-state index contributed by atoms with van der Waals surface area (Å²) in [5.41, 5.74) is 0. The molecule has 5 heteroatoms. The maximum absolute atomic E-state index is 12.0. The van der Waals surface area contributed by atoms with Crippen LogP contribution in [0.4, 0.5) is 0 Å². The zero-order valence-corrected chi connectivity index (χ0v) is 11.8. The molecule has 106 valence electrons. The molecule has 4 nitrogen and oxygen atoms in total. The molecule has 19 heavy (non-hydrogen) atoms. The molecule has 1 aliphatic carbocycles. The van der Waals surface area contributed by atoms with E-state index < -0.39 is 10.0 Å². The first kappa shape index (κ1) is 14.5. The maximum Gasteiger partial charge on any atom is 0.240 e. The second kappa shape index (κ2) is 6.50. The summed E-state index contributed by atoms with van der Waals surface area (Å²) in [6, 6.07) is 8.43. The van der Waals surface area contributed by atoms with E-state index in [1.54, 1.807) is 30.3 Å². The molecular formula is C14H21NO3S.